The first-order chi connectivity index (χ1) is 11.0. The molecule has 3 N–H and O–H groups in total. The lowest BCUT2D eigenvalue weighted by molar-refractivity contribution is -0.116. The smallest absolute Gasteiger partial charge is 0.244 e. The second kappa shape index (κ2) is 7.73. The number of nitrogens with zero attached hydrogens (tertiary/aromatic N) is 2. The number of ether oxygens (including phenoxy) is 1. The molecule has 2 aromatic heterocycles. The number of nitrogens with one attached hydrogen (secondary N) is 2. The Labute approximate surface area is 134 Å². The molecule has 1 amide bonds. The van der Waals surface area contributed by atoms with Gasteiger partial charge in [-0.25, -0.2) is 9.97 Å². The molecule has 0 aromatic carbocycles. The van der Waals surface area contributed by atoms with Crippen LogP contribution in [-0.2, 0) is 4.79 Å². The number of aliphatic hydroxyl groups excluding tert-OH is 1. The summed E-state index contributed by atoms with van der Waals surface area (Å²) in [4.78, 5) is 23.1. The van der Waals surface area contributed by atoms with Crippen molar-refractivity contribution in [3.63, 3.8) is 0 Å². The highest BCUT2D eigenvalue weighted by molar-refractivity contribution is 5.96. The maximum absolute atomic E-state index is 11.7. The summed E-state index contributed by atoms with van der Waals surface area (Å²) in [5, 5.41) is 12.5. The van der Waals surface area contributed by atoms with E-state index in [0.717, 1.165) is 10.9 Å². The Hall–Kier alpha value is -2.41. The zero-order chi connectivity index (χ0) is 16.8. The summed E-state index contributed by atoms with van der Waals surface area (Å²) in [6.07, 6.45) is 5.69. The Morgan fingerprint density at radius 3 is 2.91 bits per heavy atom. The lowest BCUT2D eigenvalue weighted by Gasteiger charge is -2.08. The van der Waals surface area contributed by atoms with Gasteiger partial charge in [0.25, 0.3) is 0 Å². The minimum atomic E-state index is -0.579. The molecule has 0 aliphatic rings. The van der Waals surface area contributed by atoms with Crippen LogP contribution in [0.25, 0.3) is 17.1 Å². The van der Waals surface area contributed by atoms with Gasteiger partial charge in [-0.3, -0.25) is 4.79 Å². The molecule has 2 aromatic rings. The van der Waals surface area contributed by atoms with Crippen molar-refractivity contribution >= 4 is 23.0 Å². The Bertz CT molecular complexity index is 692. The predicted molar refractivity (Wildman–Crippen MR) is 87.9 cm³/mol. The molecule has 1 atom stereocenters. The van der Waals surface area contributed by atoms with Crippen molar-refractivity contribution in [3.05, 3.63) is 24.2 Å². The predicted octanol–water partition coefficient (Wildman–Crippen LogP) is 1.50. The normalized spacial score (nSPS) is 12.9. The van der Waals surface area contributed by atoms with Gasteiger partial charge in [0.1, 0.15) is 12.0 Å². The minimum Gasteiger partial charge on any atom is -0.477 e. The molecular weight excluding hydrogens is 296 g/mol. The molecule has 0 unspecified atom stereocenters. The quantitative estimate of drug-likeness (QED) is 0.672. The molecule has 0 radical (unpaired) electrons. The molecule has 23 heavy (non-hydrogen) atoms. The number of aromatic nitrogens is 3. The van der Waals surface area contributed by atoms with Crippen LogP contribution >= 0.6 is 0 Å². The molecule has 2 heterocycles. The topological polar surface area (TPSA) is 100 Å². The Balaban J connectivity index is 2.18. The van der Waals surface area contributed by atoms with E-state index in [2.05, 4.69) is 34.1 Å². The van der Waals surface area contributed by atoms with Gasteiger partial charge in [-0.15, -0.1) is 0 Å². The van der Waals surface area contributed by atoms with Crippen molar-refractivity contribution < 1.29 is 14.6 Å². The fourth-order valence-corrected chi connectivity index (χ4v) is 1.92. The number of rotatable bonds is 7. The highest BCUT2D eigenvalue weighted by Gasteiger charge is 2.11. The Morgan fingerprint density at radius 2 is 2.22 bits per heavy atom. The summed E-state index contributed by atoms with van der Waals surface area (Å²) in [6.45, 7) is 6.49. The monoisotopic (exact) mass is 318 g/mol. The van der Waals surface area contributed by atoms with Gasteiger partial charge in [-0.05, 0) is 18.9 Å². The van der Waals surface area contributed by atoms with Gasteiger partial charge in [0.05, 0.1) is 18.1 Å². The van der Waals surface area contributed by atoms with E-state index in [1.807, 2.05) is 0 Å². The number of hydrogen-bond donors (Lipinski definition) is 3. The highest BCUT2D eigenvalue weighted by Crippen LogP contribution is 2.26. The number of hydrogen-bond acceptors (Lipinski definition) is 5. The fraction of sp³-hybridized carbons (Fsp3) is 0.438. The first-order valence-electron chi connectivity index (χ1n) is 7.56. The fourth-order valence-electron chi connectivity index (χ4n) is 1.92. The Kier molecular flexibility index (Phi) is 5.70. The van der Waals surface area contributed by atoms with Crippen LogP contribution in [-0.4, -0.2) is 45.2 Å². The van der Waals surface area contributed by atoms with Crippen molar-refractivity contribution in [1.82, 2.24) is 20.3 Å². The second-order valence-corrected chi connectivity index (χ2v) is 5.78. The van der Waals surface area contributed by atoms with E-state index in [4.69, 9.17) is 9.84 Å². The molecule has 0 bridgehead atoms. The molecule has 2 rings (SSSR count). The van der Waals surface area contributed by atoms with Crippen molar-refractivity contribution in [1.29, 1.82) is 0 Å². The number of aromatic amines is 1. The van der Waals surface area contributed by atoms with E-state index < -0.39 is 6.10 Å². The van der Waals surface area contributed by atoms with Gasteiger partial charge in [-0.2, -0.15) is 0 Å². The molecule has 0 saturated heterocycles. The van der Waals surface area contributed by atoms with E-state index in [1.165, 1.54) is 12.4 Å². The van der Waals surface area contributed by atoms with Crippen LogP contribution in [0.15, 0.2) is 18.6 Å². The van der Waals surface area contributed by atoms with Gasteiger partial charge >= 0.3 is 0 Å². The molecule has 0 saturated carbocycles. The number of carbonyl (C=O) groups excluding carboxylic acids is 1. The summed E-state index contributed by atoms with van der Waals surface area (Å²) in [5.41, 5.74) is 1.43. The SMILES string of the molecule is CC(C)COc1ncnc2[nH]cc(C=CC(=O)NC[C@@H](C)O)c12. The van der Waals surface area contributed by atoms with Crippen LogP contribution < -0.4 is 10.1 Å². The van der Waals surface area contributed by atoms with Crippen LogP contribution in [0.1, 0.15) is 26.3 Å². The third-order valence-corrected chi connectivity index (χ3v) is 3.00. The molecular formula is C16H22N4O3. The number of fused-ring (bicyclic) bond motifs is 1. The van der Waals surface area contributed by atoms with E-state index in [9.17, 15) is 4.79 Å². The molecule has 0 aliphatic heterocycles. The lowest BCUT2D eigenvalue weighted by atomic mass is 10.2. The summed E-state index contributed by atoms with van der Waals surface area (Å²) < 4.78 is 5.73. The van der Waals surface area contributed by atoms with E-state index >= 15 is 0 Å². The van der Waals surface area contributed by atoms with Crippen molar-refractivity contribution in [2.45, 2.75) is 26.9 Å². The maximum atomic E-state index is 11.7. The zero-order valence-electron chi connectivity index (χ0n) is 13.5. The molecule has 0 fully saturated rings. The summed E-state index contributed by atoms with van der Waals surface area (Å²) >= 11 is 0. The first kappa shape index (κ1) is 17.0. The van der Waals surface area contributed by atoms with Crippen LogP contribution in [0.5, 0.6) is 5.88 Å². The second-order valence-electron chi connectivity index (χ2n) is 5.78. The molecule has 7 nitrogen and oxygen atoms in total. The summed E-state index contributed by atoms with van der Waals surface area (Å²) in [7, 11) is 0. The number of carbonyl (C=O) groups is 1. The van der Waals surface area contributed by atoms with Crippen LogP contribution in [0.3, 0.4) is 0 Å². The molecule has 0 spiro atoms. The summed E-state index contributed by atoms with van der Waals surface area (Å²) in [5.74, 6) is 0.597. The minimum absolute atomic E-state index is 0.211. The van der Waals surface area contributed by atoms with Gasteiger partial charge < -0.3 is 20.1 Å². The van der Waals surface area contributed by atoms with Crippen LogP contribution in [0, 0.1) is 5.92 Å². The number of amides is 1. The third-order valence-electron chi connectivity index (χ3n) is 3.00. The van der Waals surface area contributed by atoms with Crippen LogP contribution in [0.4, 0.5) is 0 Å². The number of H-pyrrole nitrogens is 1. The van der Waals surface area contributed by atoms with E-state index in [0.29, 0.717) is 24.1 Å². The average Bonchev–Trinajstić information content (AvgIpc) is 2.92. The highest BCUT2D eigenvalue weighted by atomic mass is 16.5. The van der Waals surface area contributed by atoms with Gasteiger partial charge in [0, 0.05) is 24.4 Å². The van der Waals surface area contributed by atoms with Crippen molar-refractivity contribution in [2.24, 2.45) is 5.92 Å². The van der Waals surface area contributed by atoms with E-state index in [-0.39, 0.29) is 12.5 Å². The third kappa shape index (κ3) is 4.79. The van der Waals surface area contributed by atoms with E-state index in [1.54, 1.807) is 19.2 Å². The van der Waals surface area contributed by atoms with Crippen molar-refractivity contribution in [2.75, 3.05) is 13.2 Å². The average molecular weight is 318 g/mol. The first-order valence-corrected chi connectivity index (χ1v) is 7.56. The largest absolute Gasteiger partial charge is 0.477 e. The lowest BCUT2D eigenvalue weighted by Crippen LogP contribution is -2.28. The Morgan fingerprint density at radius 1 is 1.43 bits per heavy atom. The van der Waals surface area contributed by atoms with Crippen LogP contribution in [0.2, 0.25) is 0 Å². The van der Waals surface area contributed by atoms with Gasteiger partial charge in [0.15, 0.2) is 0 Å². The van der Waals surface area contributed by atoms with Gasteiger partial charge in [0.2, 0.25) is 11.8 Å². The molecule has 124 valence electrons. The zero-order valence-corrected chi connectivity index (χ0v) is 13.5. The summed E-state index contributed by atoms with van der Waals surface area (Å²) in [6, 6.07) is 0. The van der Waals surface area contributed by atoms with Gasteiger partial charge in [-0.1, -0.05) is 13.8 Å². The van der Waals surface area contributed by atoms with Crippen molar-refractivity contribution in [3.8, 4) is 5.88 Å². The number of aliphatic hydroxyl groups is 1. The molecule has 0 aliphatic carbocycles. The molecule has 7 heteroatoms. The maximum Gasteiger partial charge on any atom is 0.244 e. The standard InChI is InChI=1S/C16H22N4O3/c1-10(2)8-23-16-14-12(7-18-15(14)19-9-20-16)4-5-13(22)17-6-11(3)21/h4-5,7,9-11,21H,6,8H2,1-3H3,(H,17,22)(H,18,19,20)/t11-/m1/s1.